The predicted molar refractivity (Wildman–Crippen MR) is 82.9 cm³/mol. The molecule has 0 aliphatic carbocycles. The second-order valence-electron chi connectivity index (χ2n) is 4.68. The summed E-state index contributed by atoms with van der Waals surface area (Å²) in [5.41, 5.74) is 3.05. The second kappa shape index (κ2) is 6.58. The van der Waals surface area contributed by atoms with Gasteiger partial charge >= 0.3 is 0 Å². The molecule has 2 aromatic heterocycles. The normalized spacial score (nSPS) is 10.2. The maximum atomic E-state index is 12.4. The Labute approximate surface area is 128 Å². The van der Waals surface area contributed by atoms with E-state index < -0.39 is 0 Å². The molecule has 2 heterocycles. The Balaban J connectivity index is 1.81. The predicted octanol–water partition coefficient (Wildman–Crippen LogP) is 2.47. The largest absolute Gasteiger partial charge is 0.348 e. The van der Waals surface area contributed by atoms with Crippen molar-refractivity contribution in [1.29, 1.82) is 0 Å². The van der Waals surface area contributed by atoms with Crippen LogP contribution in [0, 0.1) is 0 Å². The molecule has 0 saturated heterocycles. The first-order valence-corrected chi connectivity index (χ1v) is 6.87. The minimum absolute atomic E-state index is 0.141. The summed E-state index contributed by atoms with van der Waals surface area (Å²) in [5, 5.41) is 2.90. The van der Waals surface area contributed by atoms with Gasteiger partial charge < -0.3 is 5.32 Å². The van der Waals surface area contributed by atoms with E-state index in [1.165, 1.54) is 6.33 Å². The van der Waals surface area contributed by atoms with Gasteiger partial charge in [-0.25, -0.2) is 9.97 Å². The number of nitrogens with zero attached hydrogens (tertiary/aromatic N) is 3. The molecule has 0 aliphatic heterocycles. The van der Waals surface area contributed by atoms with Crippen molar-refractivity contribution in [3.05, 3.63) is 78.5 Å². The third-order valence-corrected chi connectivity index (χ3v) is 3.21. The molecule has 3 aromatic rings. The lowest BCUT2D eigenvalue weighted by Gasteiger charge is -2.09. The monoisotopic (exact) mass is 290 g/mol. The quantitative estimate of drug-likeness (QED) is 0.801. The van der Waals surface area contributed by atoms with Gasteiger partial charge in [0, 0.05) is 36.3 Å². The van der Waals surface area contributed by atoms with Crippen molar-refractivity contribution in [3.8, 4) is 11.3 Å². The molecule has 1 N–H and O–H groups in total. The second-order valence-corrected chi connectivity index (χ2v) is 4.68. The molecule has 0 bridgehead atoms. The first kappa shape index (κ1) is 13.9. The molecule has 5 heteroatoms. The van der Waals surface area contributed by atoms with Crippen LogP contribution in [-0.2, 0) is 6.54 Å². The summed E-state index contributed by atoms with van der Waals surface area (Å²) in [6.45, 7) is 0.435. The van der Waals surface area contributed by atoms with E-state index >= 15 is 0 Å². The molecule has 5 nitrogen and oxygen atoms in total. The fourth-order valence-electron chi connectivity index (χ4n) is 2.13. The van der Waals surface area contributed by atoms with Gasteiger partial charge in [-0.2, -0.15) is 0 Å². The molecular weight excluding hydrogens is 276 g/mol. The Hall–Kier alpha value is -3.08. The van der Waals surface area contributed by atoms with Crippen LogP contribution in [0.15, 0.2) is 67.4 Å². The van der Waals surface area contributed by atoms with Crippen molar-refractivity contribution in [2.24, 2.45) is 0 Å². The number of amides is 1. The van der Waals surface area contributed by atoms with E-state index in [4.69, 9.17) is 0 Å². The van der Waals surface area contributed by atoms with Crippen LogP contribution in [0.2, 0.25) is 0 Å². The summed E-state index contributed by atoms with van der Waals surface area (Å²) in [7, 11) is 0. The van der Waals surface area contributed by atoms with Crippen LogP contribution in [0.1, 0.15) is 15.9 Å². The third kappa shape index (κ3) is 3.15. The highest BCUT2D eigenvalue weighted by atomic mass is 16.1. The van der Waals surface area contributed by atoms with Gasteiger partial charge in [-0.1, -0.05) is 24.3 Å². The summed E-state index contributed by atoms with van der Waals surface area (Å²) in [6, 6.07) is 12.9. The highest BCUT2D eigenvalue weighted by molar-refractivity contribution is 6.00. The Morgan fingerprint density at radius 2 is 1.91 bits per heavy atom. The number of hydrogen-bond acceptors (Lipinski definition) is 4. The van der Waals surface area contributed by atoms with E-state index in [1.54, 1.807) is 30.7 Å². The lowest BCUT2D eigenvalue weighted by molar-refractivity contribution is 0.0951. The Morgan fingerprint density at radius 1 is 1.00 bits per heavy atom. The van der Waals surface area contributed by atoms with E-state index in [0.29, 0.717) is 12.1 Å². The number of carbonyl (C=O) groups is 1. The van der Waals surface area contributed by atoms with Crippen LogP contribution < -0.4 is 5.32 Å². The maximum absolute atomic E-state index is 12.4. The number of rotatable bonds is 4. The van der Waals surface area contributed by atoms with Crippen LogP contribution in [-0.4, -0.2) is 20.9 Å². The van der Waals surface area contributed by atoms with Crippen molar-refractivity contribution in [2.75, 3.05) is 0 Å². The Bertz CT molecular complexity index is 760. The van der Waals surface area contributed by atoms with Gasteiger partial charge in [-0.3, -0.25) is 9.78 Å². The average molecular weight is 290 g/mol. The van der Waals surface area contributed by atoms with Crippen LogP contribution in [0.5, 0.6) is 0 Å². The third-order valence-electron chi connectivity index (χ3n) is 3.21. The van der Waals surface area contributed by atoms with Crippen LogP contribution in [0.4, 0.5) is 0 Å². The average Bonchev–Trinajstić information content (AvgIpc) is 2.61. The van der Waals surface area contributed by atoms with Gasteiger partial charge in [-0.15, -0.1) is 0 Å². The molecule has 0 fully saturated rings. The minimum atomic E-state index is -0.141. The molecule has 0 aliphatic rings. The summed E-state index contributed by atoms with van der Waals surface area (Å²) in [5.74, 6) is -0.141. The molecule has 108 valence electrons. The first-order chi connectivity index (χ1) is 10.8. The SMILES string of the molecule is O=C(NCc1cccnc1)c1ccccc1-c1ccncn1. The molecule has 0 atom stereocenters. The van der Waals surface area contributed by atoms with Crippen molar-refractivity contribution in [2.45, 2.75) is 6.54 Å². The summed E-state index contributed by atoms with van der Waals surface area (Å²) < 4.78 is 0. The summed E-state index contributed by atoms with van der Waals surface area (Å²) in [6.07, 6.45) is 6.57. The van der Waals surface area contributed by atoms with Crippen LogP contribution in [0.25, 0.3) is 11.3 Å². The molecule has 1 aromatic carbocycles. The highest BCUT2D eigenvalue weighted by Crippen LogP contribution is 2.20. The number of pyridine rings is 1. The standard InChI is InChI=1S/C17H14N4O/c22-17(20-11-13-4-3-8-18-10-13)15-6-2-1-5-14(15)16-7-9-19-12-21-16/h1-10,12H,11H2,(H,20,22). The van der Waals surface area contributed by atoms with Crippen molar-refractivity contribution in [1.82, 2.24) is 20.3 Å². The fourth-order valence-corrected chi connectivity index (χ4v) is 2.13. The van der Waals surface area contributed by atoms with Crippen LogP contribution >= 0.6 is 0 Å². The lowest BCUT2D eigenvalue weighted by atomic mass is 10.0. The zero-order chi connectivity index (χ0) is 15.2. The molecule has 0 saturated carbocycles. The summed E-state index contributed by atoms with van der Waals surface area (Å²) >= 11 is 0. The molecule has 3 rings (SSSR count). The van der Waals surface area contributed by atoms with Crippen molar-refractivity contribution >= 4 is 5.91 Å². The van der Waals surface area contributed by atoms with Gasteiger partial charge in [0.05, 0.1) is 5.69 Å². The van der Waals surface area contributed by atoms with E-state index in [9.17, 15) is 4.79 Å². The number of carbonyl (C=O) groups excluding carboxylic acids is 1. The van der Waals surface area contributed by atoms with Gasteiger partial charge in [0.2, 0.25) is 0 Å². The molecule has 22 heavy (non-hydrogen) atoms. The first-order valence-electron chi connectivity index (χ1n) is 6.87. The van der Waals surface area contributed by atoms with E-state index in [2.05, 4.69) is 20.3 Å². The lowest BCUT2D eigenvalue weighted by Crippen LogP contribution is -2.23. The number of aromatic nitrogens is 3. The zero-order valence-corrected chi connectivity index (χ0v) is 11.8. The summed E-state index contributed by atoms with van der Waals surface area (Å²) in [4.78, 5) is 24.6. The fraction of sp³-hybridized carbons (Fsp3) is 0.0588. The number of benzene rings is 1. The maximum Gasteiger partial charge on any atom is 0.252 e. The molecular formula is C17H14N4O. The molecule has 0 unspecified atom stereocenters. The van der Waals surface area contributed by atoms with E-state index in [0.717, 1.165) is 16.8 Å². The van der Waals surface area contributed by atoms with Gasteiger partial charge in [0.1, 0.15) is 6.33 Å². The van der Waals surface area contributed by atoms with Gasteiger partial charge in [0.25, 0.3) is 5.91 Å². The van der Waals surface area contributed by atoms with E-state index in [1.807, 2.05) is 30.3 Å². The van der Waals surface area contributed by atoms with Crippen LogP contribution in [0.3, 0.4) is 0 Å². The van der Waals surface area contributed by atoms with Crippen molar-refractivity contribution < 1.29 is 4.79 Å². The topological polar surface area (TPSA) is 67.8 Å². The molecule has 1 amide bonds. The molecule has 0 spiro atoms. The van der Waals surface area contributed by atoms with Crippen molar-refractivity contribution in [3.63, 3.8) is 0 Å². The molecule has 0 radical (unpaired) electrons. The Kier molecular flexibility index (Phi) is 4.15. The minimum Gasteiger partial charge on any atom is -0.348 e. The van der Waals surface area contributed by atoms with E-state index in [-0.39, 0.29) is 5.91 Å². The zero-order valence-electron chi connectivity index (χ0n) is 11.8. The highest BCUT2D eigenvalue weighted by Gasteiger charge is 2.12. The van der Waals surface area contributed by atoms with Gasteiger partial charge in [0.15, 0.2) is 0 Å². The smallest absolute Gasteiger partial charge is 0.252 e. The number of nitrogens with one attached hydrogen (secondary N) is 1. The Morgan fingerprint density at radius 3 is 2.68 bits per heavy atom. The number of hydrogen-bond donors (Lipinski definition) is 1. The van der Waals surface area contributed by atoms with Gasteiger partial charge in [-0.05, 0) is 23.8 Å².